The number of aromatic hydroxyl groups is 1. The van der Waals surface area contributed by atoms with Gasteiger partial charge in [-0.2, -0.15) is 0 Å². The van der Waals surface area contributed by atoms with Gasteiger partial charge >= 0.3 is 5.97 Å². The number of piperidine rings is 1. The second-order valence-corrected chi connectivity index (χ2v) is 10.1. The fourth-order valence-electron chi connectivity index (χ4n) is 5.84. The number of carboxylic acid groups (broad SMARTS) is 1. The fourth-order valence-corrected chi connectivity index (χ4v) is 5.84. The van der Waals surface area contributed by atoms with Gasteiger partial charge in [-0.1, -0.05) is 0 Å². The van der Waals surface area contributed by atoms with E-state index in [1.54, 1.807) is 0 Å². The molecule has 5 rings (SSSR count). The van der Waals surface area contributed by atoms with E-state index in [9.17, 15) is 33.3 Å². The van der Waals surface area contributed by atoms with Crippen LogP contribution in [0.2, 0.25) is 0 Å². The number of carboxylic acids is 1. The predicted molar refractivity (Wildman–Crippen MR) is 128 cm³/mol. The lowest BCUT2D eigenvalue weighted by Gasteiger charge is -2.47. The van der Waals surface area contributed by atoms with Gasteiger partial charge in [0.25, 0.3) is 0 Å². The molecule has 10 heteroatoms. The summed E-state index contributed by atoms with van der Waals surface area (Å²) >= 11 is 0. The number of fused-ring (bicyclic) bond motifs is 1. The Bertz CT molecular complexity index is 1310. The van der Waals surface area contributed by atoms with Crippen LogP contribution in [-0.2, 0) is 4.79 Å². The second-order valence-electron chi connectivity index (χ2n) is 10.1. The molecule has 7 nitrogen and oxygen atoms in total. The van der Waals surface area contributed by atoms with Crippen LogP contribution in [0.3, 0.4) is 0 Å². The lowest BCUT2D eigenvalue weighted by Crippen LogP contribution is -2.52. The van der Waals surface area contributed by atoms with Crippen LogP contribution in [0.5, 0.6) is 5.88 Å². The number of nitrogens with zero attached hydrogens (tertiary/aromatic N) is 3. The van der Waals surface area contributed by atoms with Crippen molar-refractivity contribution in [3.05, 3.63) is 65.1 Å². The van der Waals surface area contributed by atoms with E-state index < -0.39 is 35.4 Å². The summed E-state index contributed by atoms with van der Waals surface area (Å²) in [5.41, 5.74) is 0.720. The molecular weight excluding hydrogens is 487 g/mol. The average molecular weight is 516 g/mol. The van der Waals surface area contributed by atoms with Crippen LogP contribution in [0.4, 0.5) is 13.2 Å². The van der Waals surface area contributed by atoms with Crippen LogP contribution < -0.4 is 0 Å². The zero-order chi connectivity index (χ0) is 26.3. The number of aromatic nitrogens is 2. The second kappa shape index (κ2) is 10.3. The summed E-state index contributed by atoms with van der Waals surface area (Å²) in [7, 11) is 0. The number of hydrogen-bond acceptors (Lipinski definition) is 6. The highest BCUT2D eigenvalue weighted by Gasteiger charge is 2.42. The predicted octanol–water partition coefficient (Wildman–Crippen LogP) is 4.54. The van der Waals surface area contributed by atoms with E-state index in [1.807, 2.05) is 0 Å². The number of hydrogen-bond donors (Lipinski definition) is 3. The zero-order valence-electron chi connectivity index (χ0n) is 20.0. The lowest BCUT2D eigenvalue weighted by molar-refractivity contribution is -0.147. The number of pyridine rings is 2. The summed E-state index contributed by atoms with van der Waals surface area (Å²) in [4.78, 5) is 22.1. The minimum Gasteiger partial charge on any atom is -0.493 e. The van der Waals surface area contributed by atoms with E-state index >= 15 is 0 Å². The van der Waals surface area contributed by atoms with Crippen LogP contribution in [-0.4, -0.2) is 55.3 Å². The number of halogens is 3. The minimum atomic E-state index is -1.24. The Hall–Kier alpha value is -3.24. The molecule has 1 aliphatic heterocycles. The number of carbonyl (C=O) groups is 1. The first kappa shape index (κ1) is 25.4. The minimum absolute atomic E-state index is 0.0599. The van der Waals surface area contributed by atoms with E-state index in [4.69, 9.17) is 0 Å². The molecule has 2 fully saturated rings. The van der Waals surface area contributed by atoms with E-state index in [0.717, 1.165) is 18.3 Å². The van der Waals surface area contributed by atoms with Crippen molar-refractivity contribution >= 4 is 17.0 Å². The maximum atomic E-state index is 14.6. The smallest absolute Gasteiger partial charge is 0.308 e. The van der Waals surface area contributed by atoms with Crippen molar-refractivity contribution < 1.29 is 33.3 Å². The van der Waals surface area contributed by atoms with Gasteiger partial charge in [0.1, 0.15) is 23.0 Å². The number of likely N-dealkylation sites (tertiary alicyclic amines) is 1. The van der Waals surface area contributed by atoms with Gasteiger partial charge in [0.05, 0.1) is 23.7 Å². The topological polar surface area (TPSA) is 107 Å². The van der Waals surface area contributed by atoms with Gasteiger partial charge in [0.2, 0.25) is 5.88 Å². The van der Waals surface area contributed by atoms with Crippen molar-refractivity contribution in [1.29, 1.82) is 0 Å². The van der Waals surface area contributed by atoms with Gasteiger partial charge in [0.15, 0.2) is 0 Å². The Balaban J connectivity index is 1.21. The molecule has 1 saturated heterocycles. The third kappa shape index (κ3) is 5.13. The first-order valence-electron chi connectivity index (χ1n) is 12.4. The average Bonchev–Trinajstić information content (AvgIpc) is 2.83. The summed E-state index contributed by atoms with van der Waals surface area (Å²) in [6, 6.07) is 6.39. The number of aliphatic hydroxyl groups excluding tert-OH is 1. The molecule has 0 radical (unpaired) electrons. The Morgan fingerprint density at radius 1 is 1.14 bits per heavy atom. The van der Waals surface area contributed by atoms with Crippen molar-refractivity contribution in [3.63, 3.8) is 0 Å². The van der Waals surface area contributed by atoms with E-state index in [2.05, 4.69) is 14.9 Å². The van der Waals surface area contributed by atoms with Gasteiger partial charge in [-0.3, -0.25) is 14.7 Å². The fraction of sp³-hybridized carbons (Fsp3) is 0.444. The molecular formula is C27H28F3N3O4. The molecule has 3 N–H and O–H groups in total. The molecule has 2 aliphatic rings. The quantitative estimate of drug-likeness (QED) is 0.424. The molecule has 1 aliphatic carbocycles. The molecule has 1 aromatic carbocycles. The SMILES string of the molecule is O=C(O)[C@H]1CN(C2CC(c3cc(F)ccc3F)C2)CC[C@H]1CCC(O)c1c(F)cnc2ccc(O)nc12. The highest BCUT2D eigenvalue weighted by atomic mass is 19.1. The molecule has 1 unspecified atom stereocenters. The van der Waals surface area contributed by atoms with Gasteiger partial charge < -0.3 is 15.3 Å². The first-order chi connectivity index (χ1) is 17.7. The first-order valence-corrected chi connectivity index (χ1v) is 12.4. The monoisotopic (exact) mass is 515 g/mol. The molecule has 2 aromatic heterocycles. The van der Waals surface area contributed by atoms with Crippen molar-refractivity contribution in [1.82, 2.24) is 14.9 Å². The van der Waals surface area contributed by atoms with Crippen molar-refractivity contribution in [2.24, 2.45) is 11.8 Å². The molecule has 3 atom stereocenters. The standard InChI is InChI=1S/C27H28F3N3O4/c28-16-2-3-20(29)18(11-16)15-9-17(10-15)33-8-7-14(19(13-33)27(36)37)1-5-23(34)25-21(30)12-31-22-4-6-24(35)32-26(22)25/h2-4,6,11-12,14-15,17,19,23,34H,1,5,7-10,13H2,(H,32,35)(H,36,37)/t14-,15?,17?,19+,23?/m1/s1. The summed E-state index contributed by atoms with van der Waals surface area (Å²) in [5.74, 6) is -3.83. The van der Waals surface area contributed by atoms with Crippen LogP contribution in [0.1, 0.15) is 55.3 Å². The van der Waals surface area contributed by atoms with Gasteiger partial charge in [0, 0.05) is 24.2 Å². The highest BCUT2D eigenvalue weighted by molar-refractivity contribution is 5.78. The number of aliphatic hydroxyl groups is 1. The van der Waals surface area contributed by atoms with E-state index in [0.29, 0.717) is 49.9 Å². The molecule has 3 aromatic rings. The van der Waals surface area contributed by atoms with Crippen molar-refractivity contribution in [3.8, 4) is 5.88 Å². The Labute approximate surface area is 211 Å². The van der Waals surface area contributed by atoms with Crippen LogP contribution in [0.25, 0.3) is 11.0 Å². The van der Waals surface area contributed by atoms with Gasteiger partial charge in [-0.15, -0.1) is 0 Å². The van der Waals surface area contributed by atoms with Crippen LogP contribution in [0, 0.1) is 29.3 Å². The van der Waals surface area contributed by atoms with Gasteiger partial charge in [-0.25, -0.2) is 18.2 Å². The number of benzene rings is 1. The molecule has 37 heavy (non-hydrogen) atoms. The van der Waals surface area contributed by atoms with Crippen LogP contribution in [0.15, 0.2) is 36.5 Å². The summed E-state index contributed by atoms with van der Waals surface area (Å²) in [6.45, 7) is 0.997. The van der Waals surface area contributed by atoms with E-state index in [-0.39, 0.29) is 41.3 Å². The molecule has 1 saturated carbocycles. The van der Waals surface area contributed by atoms with Crippen molar-refractivity contribution in [2.75, 3.05) is 13.1 Å². The maximum Gasteiger partial charge on any atom is 0.308 e. The highest BCUT2D eigenvalue weighted by Crippen LogP contribution is 2.43. The zero-order valence-corrected chi connectivity index (χ0v) is 20.0. The molecule has 196 valence electrons. The lowest BCUT2D eigenvalue weighted by atomic mass is 9.73. The van der Waals surface area contributed by atoms with E-state index in [1.165, 1.54) is 18.2 Å². The van der Waals surface area contributed by atoms with Crippen LogP contribution >= 0.6 is 0 Å². The van der Waals surface area contributed by atoms with Crippen molar-refractivity contribution in [2.45, 2.75) is 50.2 Å². The Morgan fingerprint density at radius 2 is 1.92 bits per heavy atom. The summed E-state index contributed by atoms with van der Waals surface area (Å²) in [5, 5.41) is 30.4. The summed E-state index contributed by atoms with van der Waals surface area (Å²) in [6.07, 6.45) is 2.15. The summed E-state index contributed by atoms with van der Waals surface area (Å²) < 4.78 is 42.2. The maximum absolute atomic E-state index is 14.6. The normalized spacial score (nSPS) is 25.1. The number of aliphatic carboxylic acids is 1. The van der Waals surface area contributed by atoms with Gasteiger partial charge in [-0.05, 0) is 80.3 Å². The molecule has 0 amide bonds. The third-order valence-electron chi connectivity index (χ3n) is 7.96. The largest absolute Gasteiger partial charge is 0.493 e. The third-order valence-corrected chi connectivity index (χ3v) is 7.96. The Kier molecular flexibility index (Phi) is 7.04. The molecule has 3 heterocycles. The Morgan fingerprint density at radius 3 is 2.68 bits per heavy atom. The molecule has 0 bridgehead atoms. The number of rotatable bonds is 7. The molecule has 0 spiro atoms.